The summed E-state index contributed by atoms with van der Waals surface area (Å²) in [5.74, 6) is 0.308. The molecule has 1 nitrogen and oxygen atoms in total. The number of hydrogen-bond acceptors (Lipinski definition) is 1. The third-order valence-electron chi connectivity index (χ3n) is 3.02. The van der Waals surface area contributed by atoms with Crippen LogP contribution in [0.4, 0.5) is 0 Å². The van der Waals surface area contributed by atoms with Crippen LogP contribution in [0.15, 0.2) is 54.6 Å². The van der Waals surface area contributed by atoms with Crippen LogP contribution >= 0.6 is 0 Å². The minimum atomic E-state index is 0.308. The summed E-state index contributed by atoms with van der Waals surface area (Å²) in [4.78, 5) is 11.9. The zero-order valence-corrected chi connectivity index (χ0v) is 10.7. The van der Waals surface area contributed by atoms with Gasteiger partial charge in [-0.3, -0.25) is 4.79 Å². The molecular weight excluding hydrogens is 220 g/mol. The highest BCUT2D eigenvalue weighted by Gasteiger charge is 2.04. The number of carbonyl (C=O) groups is 1. The molecule has 0 unspecified atom stereocenters. The van der Waals surface area contributed by atoms with Crippen molar-refractivity contribution in [2.24, 2.45) is 0 Å². The Morgan fingerprint density at radius 2 is 1.67 bits per heavy atom. The molecule has 0 aliphatic carbocycles. The van der Waals surface area contributed by atoms with Gasteiger partial charge in [0.25, 0.3) is 0 Å². The van der Waals surface area contributed by atoms with Crippen LogP contribution in [0.3, 0.4) is 0 Å². The maximum atomic E-state index is 11.9. The monoisotopic (exact) mass is 238 g/mol. The van der Waals surface area contributed by atoms with Gasteiger partial charge in [-0.2, -0.15) is 0 Å². The van der Waals surface area contributed by atoms with Crippen molar-refractivity contribution >= 4 is 5.78 Å². The Morgan fingerprint density at radius 3 is 2.39 bits per heavy atom. The smallest absolute Gasteiger partial charge is 0.137 e. The third-order valence-corrected chi connectivity index (χ3v) is 3.02. The molecule has 0 N–H and O–H groups in total. The number of benzene rings is 2. The molecule has 0 aliphatic rings. The van der Waals surface area contributed by atoms with Crippen molar-refractivity contribution in [1.29, 1.82) is 0 Å². The fraction of sp³-hybridized carbons (Fsp3) is 0.235. The van der Waals surface area contributed by atoms with E-state index in [9.17, 15) is 4.79 Å². The van der Waals surface area contributed by atoms with Crippen LogP contribution in [0.5, 0.6) is 0 Å². The summed E-state index contributed by atoms with van der Waals surface area (Å²) in [6.07, 6.45) is 2.01. The minimum Gasteiger partial charge on any atom is -0.299 e. The Hall–Kier alpha value is -1.89. The van der Waals surface area contributed by atoms with E-state index in [1.54, 1.807) is 0 Å². The summed E-state index contributed by atoms with van der Waals surface area (Å²) in [6.45, 7) is 2.08. The van der Waals surface area contributed by atoms with Crippen LogP contribution < -0.4 is 0 Å². The Kier molecular flexibility index (Phi) is 4.30. The topological polar surface area (TPSA) is 17.1 Å². The van der Waals surface area contributed by atoms with Gasteiger partial charge in [0.05, 0.1) is 0 Å². The lowest BCUT2D eigenvalue weighted by Crippen LogP contribution is -2.04. The lowest BCUT2D eigenvalue weighted by atomic mass is 10.0. The molecule has 0 spiro atoms. The highest BCUT2D eigenvalue weighted by atomic mass is 16.1. The van der Waals surface area contributed by atoms with Crippen molar-refractivity contribution in [1.82, 2.24) is 0 Å². The number of hydrogen-bond donors (Lipinski definition) is 0. The van der Waals surface area contributed by atoms with E-state index >= 15 is 0 Å². The molecule has 2 aromatic rings. The second-order valence-electron chi connectivity index (χ2n) is 4.69. The van der Waals surface area contributed by atoms with Gasteiger partial charge in [-0.1, -0.05) is 60.2 Å². The predicted octanol–water partition coefficient (Wildman–Crippen LogP) is 3.74. The molecule has 0 radical (unpaired) electrons. The fourth-order valence-electron chi connectivity index (χ4n) is 2.06. The number of carbonyl (C=O) groups excluding carboxylic acids is 1. The molecule has 0 aliphatic heterocycles. The molecule has 0 amide bonds. The molecule has 0 saturated carbocycles. The van der Waals surface area contributed by atoms with E-state index in [2.05, 4.69) is 25.1 Å². The first-order valence-corrected chi connectivity index (χ1v) is 6.35. The van der Waals surface area contributed by atoms with Gasteiger partial charge in [-0.15, -0.1) is 0 Å². The summed E-state index contributed by atoms with van der Waals surface area (Å²) >= 11 is 0. The largest absolute Gasteiger partial charge is 0.299 e. The molecule has 0 heterocycles. The quantitative estimate of drug-likeness (QED) is 0.775. The molecule has 0 aromatic heterocycles. The zero-order chi connectivity index (χ0) is 12.8. The second-order valence-corrected chi connectivity index (χ2v) is 4.69. The van der Waals surface area contributed by atoms with Crippen molar-refractivity contribution in [3.63, 3.8) is 0 Å². The van der Waals surface area contributed by atoms with Gasteiger partial charge in [0, 0.05) is 12.8 Å². The Labute approximate surface area is 108 Å². The van der Waals surface area contributed by atoms with E-state index in [4.69, 9.17) is 0 Å². The van der Waals surface area contributed by atoms with Crippen LogP contribution in [-0.4, -0.2) is 5.78 Å². The van der Waals surface area contributed by atoms with Gasteiger partial charge >= 0.3 is 0 Å². The summed E-state index contributed by atoms with van der Waals surface area (Å²) in [6, 6.07) is 18.3. The average Bonchev–Trinajstić information content (AvgIpc) is 2.38. The lowest BCUT2D eigenvalue weighted by molar-refractivity contribution is -0.118. The van der Waals surface area contributed by atoms with E-state index < -0.39 is 0 Å². The summed E-state index contributed by atoms with van der Waals surface area (Å²) in [5, 5.41) is 0. The summed E-state index contributed by atoms with van der Waals surface area (Å²) in [5.41, 5.74) is 3.60. The maximum absolute atomic E-state index is 11.9. The first-order valence-electron chi connectivity index (χ1n) is 6.35. The highest BCUT2D eigenvalue weighted by Crippen LogP contribution is 2.08. The van der Waals surface area contributed by atoms with E-state index in [0.717, 1.165) is 12.0 Å². The normalized spacial score (nSPS) is 10.3. The fourth-order valence-corrected chi connectivity index (χ4v) is 2.06. The van der Waals surface area contributed by atoms with Gasteiger partial charge in [-0.05, 0) is 24.5 Å². The molecule has 1 heteroatoms. The minimum absolute atomic E-state index is 0.308. The van der Waals surface area contributed by atoms with Crippen LogP contribution in [0, 0.1) is 6.92 Å². The first kappa shape index (κ1) is 12.6. The van der Waals surface area contributed by atoms with Crippen molar-refractivity contribution in [2.45, 2.75) is 26.2 Å². The van der Waals surface area contributed by atoms with Crippen molar-refractivity contribution < 1.29 is 4.79 Å². The van der Waals surface area contributed by atoms with Crippen LogP contribution in [0.1, 0.15) is 23.1 Å². The molecule has 0 saturated heterocycles. The standard InChI is InChI=1S/C17H18O/c1-14-6-5-9-16(12-14)10-11-17(18)13-15-7-3-2-4-8-15/h2-9,12H,10-11,13H2,1H3. The van der Waals surface area contributed by atoms with Crippen LogP contribution in [-0.2, 0) is 17.6 Å². The van der Waals surface area contributed by atoms with E-state index in [0.29, 0.717) is 18.6 Å². The lowest BCUT2D eigenvalue weighted by Gasteiger charge is -2.03. The van der Waals surface area contributed by atoms with E-state index in [1.165, 1.54) is 11.1 Å². The SMILES string of the molecule is Cc1cccc(CCC(=O)Cc2ccccc2)c1. The molecular formula is C17H18O. The Balaban J connectivity index is 1.85. The molecule has 0 atom stereocenters. The van der Waals surface area contributed by atoms with E-state index in [1.807, 2.05) is 36.4 Å². The first-order chi connectivity index (χ1) is 8.74. The molecule has 92 valence electrons. The van der Waals surface area contributed by atoms with Gasteiger partial charge in [0.1, 0.15) is 5.78 Å². The average molecular weight is 238 g/mol. The molecule has 2 aromatic carbocycles. The van der Waals surface area contributed by atoms with Crippen molar-refractivity contribution in [3.05, 3.63) is 71.3 Å². The number of ketones is 1. The summed E-state index contributed by atoms with van der Waals surface area (Å²) < 4.78 is 0. The Bertz CT molecular complexity index is 514. The number of Topliss-reactive ketones (excluding diaryl/α,β-unsaturated/α-hetero) is 1. The number of aryl methyl sites for hydroxylation is 2. The molecule has 0 fully saturated rings. The number of rotatable bonds is 5. The van der Waals surface area contributed by atoms with Crippen molar-refractivity contribution in [2.75, 3.05) is 0 Å². The molecule has 18 heavy (non-hydrogen) atoms. The summed E-state index contributed by atoms with van der Waals surface area (Å²) in [7, 11) is 0. The molecule has 2 rings (SSSR count). The van der Waals surface area contributed by atoms with Gasteiger partial charge in [-0.25, -0.2) is 0 Å². The maximum Gasteiger partial charge on any atom is 0.137 e. The predicted molar refractivity (Wildman–Crippen MR) is 74.7 cm³/mol. The highest BCUT2D eigenvalue weighted by molar-refractivity contribution is 5.81. The van der Waals surface area contributed by atoms with E-state index in [-0.39, 0.29) is 0 Å². The zero-order valence-electron chi connectivity index (χ0n) is 10.7. The van der Waals surface area contributed by atoms with Gasteiger partial charge in [0.15, 0.2) is 0 Å². The third kappa shape index (κ3) is 3.85. The molecule has 0 bridgehead atoms. The van der Waals surface area contributed by atoms with Gasteiger partial charge in [0.2, 0.25) is 0 Å². The van der Waals surface area contributed by atoms with Gasteiger partial charge < -0.3 is 0 Å². The Morgan fingerprint density at radius 1 is 0.944 bits per heavy atom. The van der Waals surface area contributed by atoms with Crippen molar-refractivity contribution in [3.8, 4) is 0 Å². The van der Waals surface area contributed by atoms with Crippen LogP contribution in [0.25, 0.3) is 0 Å². The second kappa shape index (κ2) is 6.15. The van der Waals surface area contributed by atoms with Crippen LogP contribution in [0.2, 0.25) is 0 Å².